The van der Waals surface area contributed by atoms with Crippen molar-refractivity contribution < 1.29 is 4.39 Å². The van der Waals surface area contributed by atoms with Gasteiger partial charge in [-0.3, -0.25) is 4.90 Å². The molecule has 0 N–H and O–H groups in total. The van der Waals surface area contributed by atoms with E-state index in [9.17, 15) is 4.39 Å². The van der Waals surface area contributed by atoms with E-state index in [2.05, 4.69) is 17.0 Å². The summed E-state index contributed by atoms with van der Waals surface area (Å²) < 4.78 is 14.9. The molecule has 3 aromatic rings. The SMILES string of the molecule is Fc1cc(CN2CCC2)ccc1-c1nc2ccc(C3(C4CCCCC4)CC3)nc2s1. The minimum Gasteiger partial charge on any atom is -0.299 e. The van der Waals surface area contributed by atoms with Crippen molar-refractivity contribution in [3.8, 4) is 10.6 Å². The number of pyridine rings is 1. The largest absolute Gasteiger partial charge is 0.299 e. The third kappa shape index (κ3) is 3.27. The normalized spacial score (nSPS) is 21.6. The van der Waals surface area contributed by atoms with Crippen molar-refractivity contribution in [2.45, 2.75) is 63.3 Å². The topological polar surface area (TPSA) is 29.0 Å². The number of aromatic nitrogens is 2. The zero-order chi connectivity index (χ0) is 20.1. The van der Waals surface area contributed by atoms with Crippen LogP contribution in [0, 0.1) is 11.7 Å². The van der Waals surface area contributed by atoms with Gasteiger partial charge < -0.3 is 0 Å². The lowest BCUT2D eigenvalue weighted by molar-refractivity contribution is 0.172. The Morgan fingerprint density at radius 2 is 1.83 bits per heavy atom. The van der Waals surface area contributed by atoms with E-state index in [-0.39, 0.29) is 5.82 Å². The highest BCUT2D eigenvalue weighted by Gasteiger charge is 2.51. The fourth-order valence-corrected chi connectivity index (χ4v) is 6.47. The van der Waals surface area contributed by atoms with Crippen molar-refractivity contribution >= 4 is 21.7 Å². The fraction of sp³-hybridized carbons (Fsp3) is 0.520. The van der Waals surface area contributed by atoms with Gasteiger partial charge in [0, 0.05) is 23.2 Å². The summed E-state index contributed by atoms with van der Waals surface area (Å²) in [4.78, 5) is 13.1. The molecule has 1 saturated heterocycles. The first kappa shape index (κ1) is 18.9. The number of benzene rings is 1. The van der Waals surface area contributed by atoms with Gasteiger partial charge in [0.05, 0.1) is 0 Å². The Kier molecular flexibility index (Phi) is 4.65. The van der Waals surface area contributed by atoms with Gasteiger partial charge in [0.2, 0.25) is 0 Å². The van der Waals surface area contributed by atoms with Crippen LogP contribution in [0.5, 0.6) is 0 Å². The smallest absolute Gasteiger partial charge is 0.144 e. The second kappa shape index (κ2) is 7.38. The summed E-state index contributed by atoms with van der Waals surface area (Å²) in [5.74, 6) is 0.619. The zero-order valence-electron chi connectivity index (χ0n) is 17.4. The van der Waals surface area contributed by atoms with E-state index < -0.39 is 0 Å². The van der Waals surface area contributed by atoms with Gasteiger partial charge in [-0.05, 0) is 80.9 Å². The predicted octanol–water partition coefficient (Wildman–Crippen LogP) is 6.32. The molecule has 1 aromatic carbocycles. The standard InChI is InChI=1S/C25H28FN3S/c26-20-15-17(16-29-13-4-14-29)7-8-19(20)23-27-21-9-10-22(28-24(21)30-23)25(11-12-25)18-5-2-1-3-6-18/h7-10,15,18H,1-6,11-14,16H2. The molecule has 2 aliphatic carbocycles. The van der Waals surface area contributed by atoms with E-state index in [1.807, 2.05) is 12.1 Å². The first-order valence-electron chi connectivity index (χ1n) is 11.5. The molecule has 3 aliphatic rings. The lowest BCUT2D eigenvalue weighted by Crippen LogP contribution is -2.36. The maximum Gasteiger partial charge on any atom is 0.144 e. The Labute approximate surface area is 181 Å². The van der Waals surface area contributed by atoms with Crippen LogP contribution in [0.3, 0.4) is 0 Å². The van der Waals surface area contributed by atoms with Crippen molar-refractivity contribution in [2.75, 3.05) is 13.1 Å². The highest BCUT2D eigenvalue weighted by molar-refractivity contribution is 7.21. The van der Waals surface area contributed by atoms with Gasteiger partial charge >= 0.3 is 0 Å². The van der Waals surface area contributed by atoms with Crippen LogP contribution in [0.4, 0.5) is 4.39 Å². The Morgan fingerprint density at radius 3 is 2.53 bits per heavy atom. The zero-order valence-corrected chi connectivity index (χ0v) is 18.2. The van der Waals surface area contributed by atoms with Crippen LogP contribution in [0.1, 0.15) is 62.6 Å². The molecule has 2 aromatic heterocycles. The van der Waals surface area contributed by atoms with Crippen LogP contribution in [0.15, 0.2) is 30.3 Å². The molecule has 156 valence electrons. The van der Waals surface area contributed by atoms with Gasteiger partial charge in [-0.2, -0.15) is 0 Å². The highest BCUT2D eigenvalue weighted by atomic mass is 32.1. The van der Waals surface area contributed by atoms with E-state index in [0.29, 0.717) is 11.0 Å². The number of hydrogen-bond donors (Lipinski definition) is 0. The maximum absolute atomic E-state index is 14.9. The second-order valence-electron chi connectivity index (χ2n) is 9.47. The van der Waals surface area contributed by atoms with Crippen LogP contribution < -0.4 is 0 Å². The van der Waals surface area contributed by atoms with Crippen LogP contribution in [0.25, 0.3) is 20.9 Å². The minimum absolute atomic E-state index is 0.173. The maximum atomic E-state index is 14.9. The van der Waals surface area contributed by atoms with Gasteiger partial charge in [-0.15, -0.1) is 0 Å². The second-order valence-corrected chi connectivity index (χ2v) is 10.5. The van der Waals surface area contributed by atoms with E-state index in [0.717, 1.165) is 46.5 Å². The molecule has 0 radical (unpaired) electrons. The number of rotatable bonds is 5. The van der Waals surface area contributed by atoms with Gasteiger partial charge in [0.1, 0.15) is 21.2 Å². The Morgan fingerprint density at radius 1 is 1.00 bits per heavy atom. The fourth-order valence-electron chi connectivity index (χ4n) is 5.50. The summed E-state index contributed by atoms with van der Waals surface area (Å²) >= 11 is 1.53. The first-order valence-corrected chi connectivity index (χ1v) is 12.3. The number of hydrogen-bond acceptors (Lipinski definition) is 4. The van der Waals surface area contributed by atoms with Gasteiger partial charge in [0.25, 0.3) is 0 Å². The molecule has 3 heterocycles. The molecule has 2 saturated carbocycles. The summed E-state index contributed by atoms with van der Waals surface area (Å²) in [6.07, 6.45) is 10.6. The molecule has 0 amide bonds. The molecule has 0 spiro atoms. The molecule has 1 aliphatic heterocycles. The minimum atomic E-state index is -0.173. The molecule has 0 atom stereocenters. The Hall–Kier alpha value is -1.85. The number of nitrogens with zero attached hydrogens (tertiary/aromatic N) is 3. The highest BCUT2D eigenvalue weighted by Crippen LogP contribution is 2.57. The number of halogens is 1. The van der Waals surface area contributed by atoms with Gasteiger partial charge in [0.15, 0.2) is 0 Å². The van der Waals surface area contributed by atoms with Crippen molar-refractivity contribution in [1.82, 2.24) is 14.9 Å². The molecular formula is C25H28FN3S. The van der Waals surface area contributed by atoms with E-state index >= 15 is 0 Å². The molecule has 0 unspecified atom stereocenters. The van der Waals surface area contributed by atoms with Crippen molar-refractivity contribution in [3.05, 3.63) is 47.4 Å². The Balaban J connectivity index is 1.29. The van der Waals surface area contributed by atoms with Crippen molar-refractivity contribution in [1.29, 1.82) is 0 Å². The molecule has 6 rings (SSSR count). The summed E-state index contributed by atoms with van der Waals surface area (Å²) in [5.41, 5.74) is 4.09. The quantitative estimate of drug-likeness (QED) is 0.483. The monoisotopic (exact) mass is 421 g/mol. The van der Waals surface area contributed by atoms with Crippen LogP contribution in [0.2, 0.25) is 0 Å². The van der Waals surface area contributed by atoms with E-state index in [4.69, 9.17) is 9.97 Å². The molecule has 3 fully saturated rings. The number of fused-ring (bicyclic) bond motifs is 1. The average molecular weight is 422 g/mol. The van der Waals surface area contributed by atoms with Gasteiger partial charge in [-0.25, -0.2) is 14.4 Å². The summed E-state index contributed by atoms with van der Waals surface area (Å²) in [6.45, 7) is 3.08. The predicted molar refractivity (Wildman–Crippen MR) is 120 cm³/mol. The lowest BCUT2D eigenvalue weighted by atomic mass is 9.76. The molecule has 5 heteroatoms. The van der Waals surface area contributed by atoms with Crippen LogP contribution in [-0.4, -0.2) is 28.0 Å². The molecule has 30 heavy (non-hydrogen) atoms. The van der Waals surface area contributed by atoms with Gasteiger partial charge in [-0.1, -0.05) is 36.7 Å². The molecule has 3 nitrogen and oxygen atoms in total. The Bertz CT molecular complexity index is 1080. The third-order valence-electron chi connectivity index (χ3n) is 7.56. The van der Waals surface area contributed by atoms with Crippen molar-refractivity contribution in [3.63, 3.8) is 0 Å². The summed E-state index contributed by atoms with van der Waals surface area (Å²) in [6, 6.07) is 9.93. The van der Waals surface area contributed by atoms with Crippen LogP contribution >= 0.6 is 11.3 Å². The lowest BCUT2D eigenvalue weighted by Gasteiger charge is -2.30. The summed E-state index contributed by atoms with van der Waals surface area (Å²) in [5, 5.41) is 0.741. The number of thiazole rings is 1. The summed E-state index contributed by atoms with van der Waals surface area (Å²) in [7, 11) is 0. The third-order valence-corrected chi connectivity index (χ3v) is 8.56. The number of likely N-dealkylation sites (tertiary alicyclic amines) is 1. The van der Waals surface area contributed by atoms with E-state index in [1.165, 1.54) is 68.4 Å². The average Bonchev–Trinajstić information content (AvgIpc) is 3.44. The van der Waals surface area contributed by atoms with E-state index in [1.54, 1.807) is 6.07 Å². The van der Waals surface area contributed by atoms with Crippen LogP contribution in [-0.2, 0) is 12.0 Å². The van der Waals surface area contributed by atoms with Crippen molar-refractivity contribution in [2.24, 2.45) is 5.92 Å². The molecule has 0 bridgehead atoms. The first-order chi connectivity index (χ1) is 14.7. The molecular weight excluding hydrogens is 393 g/mol.